The van der Waals surface area contributed by atoms with Crippen molar-refractivity contribution in [1.29, 1.82) is 0 Å². The molecule has 0 spiro atoms. The first-order chi connectivity index (χ1) is 7.40. The normalized spacial score (nSPS) is 27.4. The quantitative estimate of drug-likeness (QED) is 0.539. The molecule has 2 aliphatic rings. The van der Waals surface area contributed by atoms with Gasteiger partial charge in [-0.1, -0.05) is 0 Å². The molecule has 0 bridgehead atoms. The smallest absolute Gasteiger partial charge is 0.193 e. The summed E-state index contributed by atoms with van der Waals surface area (Å²) < 4.78 is 5.36. The minimum absolute atomic E-state index is 0.671. The fourth-order valence-corrected chi connectivity index (χ4v) is 2.24. The minimum atomic E-state index is 0.671. The number of nitrogens with zero attached hydrogens (tertiary/aromatic N) is 2. The summed E-state index contributed by atoms with van der Waals surface area (Å²) in [6.45, 7) is 5.14. The number of likely N-dealkylation sites (tertiary alicyclic amines) is 1. The SMILES string of the molecule is CN=C(NCC1CCOC1)N1CCCC1. The van der Waals surface area contributed by atoms with Gasteiger partial charge in [0.25, 0.3) is 0 Å². The Balaban J connectivity index is 1.75. The Hall–Kier alpha value is -0.770. The van der Waals surface area contributed by atoms with E-state index in [-0.39, 0.29) is 0 Å². The molecular formula is C11H21N3O. The molecule has 2 rings (SSSR count). The summed E-state index contributed by atoms with van der Waals surface area (Å²) >= 11 is 0. The van der Waals surface area contributed by atoms with Crippen LogP contribution in [0.3, 0.4) is 0 Å². The zero-order valence-electron chi connectivity index (χ0n) is 9.54. The Morgan fingerprint density at radius 1 is 1.47 bits per heavy atom. The summed E-state index contributed by atoms with van der Waals surface area (Å²) in [5.74, 6) is 1.74. The molecule has 0 radical (unpaired) electrons. The van der Waals surface area contributed by atoms with Crippen molar-refractivity contribution in [3.8, 4) is 0 Å². The average molecular weight is 211 g/mol. The van der Waals surface area contributed by atoms with Gasteiger partial charge in [-0.2, -0.15) is 0 Å². The van der Waals surface area contributed by atoms with Gasteiger partial charge in [0.1, 0.15) is 0 Å². The number of ether oxygens (including phenoxy) is 1. The Morgan fingerprint density at radius 3 is 2.87 bits per heavy atom. The number of rotatable bonds is 2. The fourth-order valence-electron chi connectivity index (χ4n) is 2.24. The van der Waals surface area contributed by atoms with Crippen LogP contribution in [0.4, 0.5) is 0 Å². The van der Waals surface area contributed by atoms with Crippen molar-refractivity contribution in [2.24, 2.45) is 10.9 Å². The van der Waals surface area contributed by atoms with Crippen LogP contribution in [0.1, 0.15) is 19.3 Å². The van der Waals surface area contributed by atoms with Gasteiger partial charge < -0.3 is 15.0 Å². The Morgan fingerprint density at radius 2 is 2.27 bits per heavy atom. The van der Waals surface area contributed by atoms with Crippen LogP contribution in [-0.2, 0) is 4.74 Å². The third kappa shape index (κ3) is 2.84. The maximum atomic E-state index is 5.36. The highest BCUT2D eigenvalue weighted by molar-refractivity contribution is 5.80. The summed E-state index contributed by atoms with van der Waals surface area (Å²) in [7, 11) is 1.87. The van der Waals surface area contributed by atoms with Gasteiger partial charge in [-0.3, -0.25) is 4.99 Å². The molecule has 2 heterocycles. The molecule has 2 fully saturated rings. The van der Waals surface area contributed by atoms with E-state index in [1.807, 2.05) is 7.05 Å². The van der Waals surface area contributed by atoms with Crippen molar-refractivity contribution in [2.75, 3.05) is 39.9 Å². The van der Waals surface area contributed by atoms with Gasteiger partial charge in [0.15, 0.2) is 5.96 Å². The number of guanidine groups is 1. The van der Waals surface area contributed by atoms with E-state index in [1.165, 1.54) is 19.3 Å². The molecule has 2 aliphatic heterocycles. The number of aliphatic imine (C=N–C) groups is 1. The number of hydrogen-bond donors (Lipinski definition) is 1. The molecule has 4 nitrogen and oxygen atoms in total. The standard InChI is InChI=1S/C11H21N3O/c1-12-11(14-5-2-3-6-14)13-8-10-4-7-15-9-10/h10H,2-9H2,1H3,(H,12,13). The molecular weight excluding hydrogens is 190 g/mol. The van der Waals surface area contributed by atoms with E-state index in [2.05, 4.69) is 15.2 Å². The molecule has 15 heavy (non-hydrogen) atoms. The maximum absolute atomic E-state index is 5.36. The highest BCUT2D eigenvalue weighted by Gasteiger charge is 2.19. The largest absolute Gasteiger partial charge is 0.381 e. The van der Waals surface area contributed by atoms with Crippen molar-refractivity contribution in [3.63, 3.8) is 0 Å². The molecule has 1 unspecified atom stereocenters. The predicted molar refractivity (Wildman–Crippen MR) is 61.1 cm³/mol. The lowest BCUT2D eigenvalue weighted by molar-refractivity contribution is 0.186. The van der Waals surface area contributed by atoms with E-state index in [1.54, 1.807) is 0 Å². The van der Waals surface area contributed by atoms with E-state index in [0.717, 1.165) is 38.8 Å². The van der Waals surface area contributed by atoms with Crippen LogP contribution in [0.5, 0.6) is 0 Å². The minimum Gasteiger partial charge on any atom is -0.381 e. The Labute approximate surface area is 91.7 Å². The van der Waals surface area contributed by atoms with Crippen molar-refractivity contribution >= 4 is 5.96 Å². The van der Waals surface area contributed by atoms with Crippen LogP contribution in [0, 0.1) is 5.92 Å². The van der Waals surface area contributed by atoms with Crippen molar-refractivity contribution in [3.05, 3.63) is 0 Å². The van der Waals surface area contributed by atoms with Gasteiger partial charge in [0.2, 0.25) is 0 Å². The van der Waals surface area contributed by atoms with Crippen LogP contribution in [0.25, 0.3) is 0 Å². The summed E-state index contributed by atoms with van der Waals surface area (Å²) in [5, 5.41) is 3.45. The van der Waals surface area contributed by atoms with Gasteiger partial charge in [-0.25, -0.2) is 0 Å². The monoisotopic (exact) mass is 211 g/mol. The first-order valence-corrected chi connectivity index (χ1v) is 5.93. The molecule has 2 saturated heterocycles. The first kappa shape index (κ1) is 10.7. The predicted octanol–water partition coefficient (Wildman–Crippen LogP) is 0.694. The van der Waals surface area contributed by atoms with E-state index in [4.69, 9.17) is 4.74 Å². The van der Waals surface area contributed by atoms with E-state index >= 15 is 0 Å². The van der Waals surface area contributed by atoms with E-state index in [0.29, 0.717) is 5.92 Å². The second kappa shape index (κ2) is 5.35. The molecule has 0 aromatic rings. The summed E-state index contributed by atoms with van der Waals surface area (Å²) in [5.41, 5.74) is 0. The molecule has 0 aromatic heterocycles. The summed E-state index contributed by atoms with van der Waals surface area (Å²) in [4.78, 5) is 6.66. The van der Waals surface area contributed by atoms with Crippen LogP contribution in [0.2, 0.25) is 0 Å². The van der Waals surface area contributed by atoms with Crippen LogP contribution >= 0.6 is 0 Å². The van der Waals surface area contributed by atoms with Crippen molar-refractivity contribution in [2.45, 2.75) is 19.3 Å². The van der Waals surface area contributed by atoms with Gasteiger partial charge in [-0.15, -0.1) is 0 Å². The van der Waals surface area contributed by atoms with Crippen molar-refractivity contribution in [1.82, 2.24) is 10.2 Å². The lowest BCUT2D eigenvalue weighted by Crippen LogP contribution is -2.41. The van der Waals surface area contributed by atoms with Gasteiger partial charge >= 0.3 is 0 Å². The first-order valence-electron chi connectivity index (χ1n) is 5.93. The topological polar surface area (TPSA) is 36.9 Å². The van der Waals surface area contributed by atoms with Gasteiger partial charge in [0.05, 0.1) is 6.61 Å². The molecule has 4 heteroatoms. The zero-order chi connectivity index (χ0) is 10.5. The third-order valence-electron chi connectivity index (χ3n) is 3.19. The Bertz CT molecular complexity index is 218. The fraction of sp³-hybridized carbons (Fsp3) is 0.909. The second-order valence-electron chi connectivity index (χ2n) is 4.35. The highest BCUT2D eigenvalue weighted by atomic mass is 16.5. The van der Waals surface area contributed by atoms with E-state index in [9.17, 15) is 0 Å². The lowest BCUT2D eigenvalue weighted by Gasteiger charge is -2.22. The number of hydrogen-bond acceptors (Lipinski definition) is 2. The van der Waals surface area contributed by atoms with Gasteiger partial charge in [0, 0.05) is 39.2 Å². The van der Waals surface area contributed by atoms with Gasteiger partial charge in [-0.05, 0) is 19.3 Å². The highest BCUT2D eigenvalue weighted by Crippen LogP contribution is 2.11. The summed E-state index contributed by atoms with van der Waals surface area (Å²) in [6.07, 6.45) is 3.78. The molecule has 0 saturated carbocycles. The maximum Gasteiger partial charge on any atom is 0.193 e. The lowest BCUT2D eigenvalue weighted by atomic mass is 10.1. The van der Waals surface area contributed by atoms with Crippen molar-refractivity contribution < 1.29 is 4.74 Å². The molecule has 1 atom stereocenters. The molecule has 1 N–H and O–H groups in total. The Kier molecular flexibility index (Phi) is 3.83. The molecule has 0 aromatic carbocycles. The molecule has 86 valence electrons. The second-order valence-corrected chi connectivity index (χ2v) is 4.35. The molecule has 0 aliphatic carbocycles. The summed E-state index contributed by atoms with van der Waals surface area (Å²) in [6, 6.07) is 0. The van der Waals surface area contributed by atoms with Crippen LogP contribution < -0.4 is 5.32 Å². The molecule has 0 amide bonds. The average Bonchev–Trinajstić information content (AvgIpc) is 2.90. The van der Waals surface area contributed by atoms with Crippen LogP contribution in [-0.4, -0.2) is 50.8 Å². The third-order valence-corrected chi connectivity index (χ3v) is 3.19. The van der Waals surface area contributed by atoms with Crippen LogP contribution in [0.15, 0.2) is 4.99 Å². The van der Waals surface area contributed by atoms with E-state index < -0.39 is 0 Å². The number of nitrogens with one attached hydrogen (secondary N) is 1. The zero-order valence-corrected chi connectivity index (χ0v) is 9.54.